The van der Waals surface area contributed by atoms with Crippen LogP contribution in [0.1, 0.15) is 25.3 Å². The van der Waals surface area contributed by atoms with Crippen molar-refractivity contribution >= 4 is 17.6 Å². The summed E-state index contributed by atoms with van der Waals surface area (Å²) in [5, 5.41) is 14.0. The second-order valence-corrected chi connectivity index (χ2v) is 6.47. The van der Waals surface area contributed by atoms with Crippen LogP contribution in [0.5, 0.6) is 0 Å². The number of nitrogens with zero attached hydrogens (tertiary/aromatic N) is 1. The average Bonchev–Trinajstić information content (AvgIpc) is 2.60. The van der Waals surface area contributed by atoms with Gasteiger partial charge >= 0.3 is 12.2 Å². The summed E-state index contributed by atoms with van der Waals surface area (Å²) < 4.78 is 51.1. The van der Waals surface area contributed by atoms with Gasteiger partial charge in [0.1, 0.15) is 5.82 Å². The molecule has 1 saturated heterocycles. The van der Waals surface area contributed by atoms with Crippen LogP contribution in [0.3, 0.4) is 0 Å². The van der Waals surface area contributed by atoms with E-state index in [0.29, 0.717) is 38.1 Å². The number of nitrogens with one attached hydrogen (secondary N) is 2. The van der Waals surface area contributed by atoms with Gasteiger partial charge in [-0.25, -0.2) is 9.18 Å². The zero-order chi connectivity index (χ0) is 20.2. The van der Waals surface area contributed by atoms with Crippen molar-refractivity contribution in [2.45, 2.75) is 32.0 Å². The molecule has 1 aliphatic heterocycles. The number of aliphatic hydroxyl groups is 1. The number of aliphatic hydroxyl groups excluding tert-OH is 1. The summed E-state index contributed by atoms with van der Waals surface area (Å²) in [6.07, 6.45) is -3.80. The lowest BCUT2D eigenvalue weighted by Gasteiger charge is -2.33. The summed E-state index contributed by atoms with van der Waals surface area (Å²) in [4.78, 5) is 25.6. The smallest absolute Gasteiger partial charge is 0.396 e. The Bertz CT molecular complexity index is 688. The fraction of sp³-hybridized carbons (Fsp3) is 0.529. The van der Waals surface area contributed by atoms with Crippen LogP contribution >= 0.6 is 0 Å². The average molecular weight is 391 g/mol. The van der Waals surface area contributed by atoms with E-state index in [9.17, 15) is 27.2 Å². The Balaban J connectivity index is 1.85. The molecule has 3 N–H and O–H groups in total. The molecule has 0 spiro atoms. The van der Waals surface area contributed by atoms with E-state index in [0.717, 1.165) is 6.07 Å². The zero-order valence-corrected chi connectivity index (χ0v) is 14.6. The summed E-state index contributed by atoms with van der Waals surface area (Å²) in [7, 11) is 0. The SMILES string of the molecule is C[C@@H](CO)C(=O)N1CCC(NC(=O)Nc2ccc(C(F)(F)F)c(F)c2)CC1. The molecule has 0 aromatic heterocycles. The summed E-state index contributed by atoms with van der Waals surface area (Å²) in [6.45, 7) is 2.23. The maximum Gasteiger partial charge on any atom is 0.419 e. The molecule has 1 aromatic rings. The molecule has 1 aliphatic rings. The minimum Gasteiger partial charge on any atom is -0.396 e. The van der Waals surface area contributed by atoms with Crippen molar-refractivity contribution in [3.63, 3.8) is 0 Å². The number of carbonyl (C=O) groups is 2. The Morgan fingerprint density at radius 2 is 1.93 bits per heavy atom. The van der Waals surface area contributed by atoms with E-state index >= 15 is 0 Å². The number of anilines is 1. The Morgan fingerprint density at radius 3 is 2.44 bits per heavy atom. The first-order valence-electron chi connectivity index (χ1n) is 8.45. The third-order valence-electron chi connectivity index (χ3n) is 4.37. The lowest BCUT2D eigenvalue weighted by Crippen LogP contribution is -2.49. The molecular formula is C17H21F4N3O3. The lowest BCUT2D eigenvalue weighted by molar-refractivity contribution is -0.140. The van der Waals surface area contributed by atoms with Crippen molar-refractivity contribution in [3.8, 4) is 0 Å². The highest BCUT2D eigenvalue weighted by atomic mass is 19.4. The van der Waals surface area contributed by atoms with Gasteiger partial charge in [0.2, 0.25) is 5.91 Å². The quantitative estimate of drug-likeness (QED) is 0.690. The molecule has 0 saturated carbocycles. The van der Waals surface area contributed by atoms with Crippen LogP contribution in [0, 0.1) is 11.7 Å². The van der Waals surface area contributed by atoms with Gasteiger partial charge in [0, 0.05) is 24.8 Å². The van der Waals surface area contributed by atoms with Gasteiger partial charge in [-0.3, -0.25) is 4.79 Å². The van der Waals surface area contributed by atoms with Crippen LogP contribution in [0.2, 0.25) is 0 Å². The number of carbonyl (C=O) groups excluding carboxylic acids is 2. The second kappa shape index (κ2) is 8.55. The number of hydrogen-bond acceptors (Lipinski definition) is 3. The number of likely N-dealkylation sites (tertiary alicyclic amines) is 1. The number of benzene rings is 1. The predicted octanol–water partition coefficient (Wildman–Crippen LogP) is 2.59. The van der Waals surface area contributed by atoms with Gasteiger partial charge in [-0.15, -0.1) is 0 Å². The summed E-state index contributed by atoms with van der Waals surface area (Å²) in [5.41, 5.74) is -1.50. The Labute approximate surface area is 153 Å². The van der Waals surface area contributed by atoms with Gasteiger partial charge in [-0.1, -0.05) is 6.92 Å². The maximum atomic E-state index is 13.5. The highest BCUT2D eigenvalue weighted by Gasteiger charge is 2.34. The number of halogens is 4. The summed E-state index contributed by atoms with van der Waals surface area (Å²) in [6, 6.07) is 1.26. The summed E-state index contributed by atoms with van der Waals surface area (Å²) >= 11 is 0. The van der Waals surface area contributed by atoms with Gasteiger partial charge in [0.05, 0.1) is 18.1 Å². The molecule has 27 heavy (non-hydrogen) atoms. The third-order valence-corrected chi connectivity index (χ3v) is 4.37. The molecule has 150 valence electrons. The number of alkyl halides is 3. The molecule has 1 atom stereocenters. The minimum atomic E-state index is -4.80. The van der Waals surface area contributed by atoms with E-state index < -0.39 is 29.5 Å². The molecule has 10 heteroatoms. The Hall–Kier alpha value is -2.36. The molecule has 1 fully saturated rings. The first-order chi connectivity index (χ1) is 12.6. The highest BCUT2D eigenvalue weighted by molar-refractivity contribution is 5.89. The van der Waals surface area contributed by atoms with Crippen LogP contribution in [0.15, 0.2) is 18.2 Å². The van der Waals surface area contributed by atoms with E-state index in [1.165, 1.54) is 0 Å². The molecular weight excluding hydrogens is 370 g/mol. The second-order valence-electron chi connectivity index (χ2n) is 6.47. The summed E-state index contributed by atoms with van der Waals surface area (Å²) in [5.74, 6) is -2.10. The molecule has 6 nitrogen and oxygen atoms in total. The van der Waals surface area contributed by atoms with Crippen LogP contribution < -0.4 is 10.6 Å². The van der Waals surface area contributed by atoms with Crippen LogP contribution in [-0.4, -0.2) is 47.7 Å². The van der Waals surface area contributed by atoms with E-state index in [-0.39, 0.29) is 24.2 Å². The molecule has 0 unspecified atom stereocenters. The predicted molar refractivity (Wildman–Crippen MR) is 89.4 cm³/mol. The number of urea groups is 1. The fourth-order valence-corrected chi connectivity index (χ4v) is 2.81. The lowest BCUT2D eigenvalue weighted by atomic mass is 10.0. The van der Waals surface area contributed by atoms with Gasteiger partial charge in [-0.05, 0) is 31.0 Å². The number of rotatable bonds is 4. The van der Waals surface area contributed by atoms with Crippen molar-refractivity contribution in [3.05, 3.63) is 29.6 Å². The highest BCUT2D eigenvalue weighted by Crippen LogP contribution is 2.32. The number of amides is 3. The van der Waals surface area contributed by atoms with Crippen molar-refractivity contribution in [1.82, 2.24) is 10.2 Å². The van der Waals surface area contributed by atoms with E-state index in [1.54, 1.807) is 11.8 Å². The van der Waals surface area contributed by atoms with E-state index in [4.69, 9.17) is 5.11 Å². The molecule has 0 bridgehead atoms. The first-order valence-corrected chi connectivity index (χ1v) is 8.45. The standard InChI is InChI=1S/C17H21F4N3O3/c1-10(9-25)15(26)24-6-4-11(5-7-24)22-16(27)23-12-2-3-13(14(18)8-12)17(19,20)21/h2-3,8,10-11,25H,4-7,9H2,1H3,(H2,22,23,27)/t10-/m0/s1. The first kappa shape index (κ1) is 20.9. The largest absolute Gasteiger partial charge is 0.419 e. The maximum absolute atomic E-state index is 13.5. The van der Waals surface area contributed by atoms with E-state index in [2.05, 4.69) is 10.6 Å². The Morgan fingerprint density at radius 1 is 1.30 bits per heavy atom. The van der Waals surface area contributed by atoms with Gasteiger partial charge in [0.25, 0.3) is 0 Å². The zero-order valence-electron chi connectivity index (χ0n) is 14.6. The Kier molecular flexibility index (Phi) is 6.63. The molecule has 1 heterocycles. The third kappa shape index (κ3) is 5.56. The molecule has 0 aliphatic carbocycles. The van der Waals surface area contributed by atoms with Gasteiger partial charge in [-0.2, -0.15) is 13.2 Å². The number of hydrogen-bond donors (Lipinski definition) is 3. The molecule has 3 amide bonds. The van der Waals surface area contributed by atoms with Crippen LogP contribution in [-0.2, 0) is 11.0 Å². The normalized spacial score (nSPS) is 16.7. The fourth-order valence-electron chi connectivity index (χ4n) is 2.81. The molecule has 0 radical (unpaired) electrons. The van der Waals surface area contributed by atoms with Gasteiger partial charge < -0.3 is 20.6 Å². The minimum absolute atomic E-state index is 0.0950. The van der Waals surface area contributed by atoms with Crippen molar-refractivity contribution in [2.75, 3.05) is 25.0 Å². The van der Waals surface area contributed by atoms with Gasteiger partial charge in [0.15, 0.2) is 0 Å². The topological polar surface area (TPSA) is 81.7 Å². The van der Waals surface area contributed by atoms with Crippen molar-refractivity contribution in [2.24, 2.45) is 5.92 Å². The monoisotopic (exact) mass is 391 g/mol. The van der Waals surface area contributed by atoms with E-state index in [1.807, 2.05) is 0 Å². The van der Waals surface area contributed by atoms with Crippen LogP contribution in [0.4, 0.5) is 28.0 Å². The molecule has 2 rings (SSSR count). The molecule has 1 aromatic carbocycles. The van der Waals surface area contributed by atoms with Crippen molar-refractivity contribution in [1.29, 1.82) is 0 Å². The van der Waals surface area contributed by atoms with Crippen LogP contribution in [0.25, 0.3) is 0 Å². The van der Waals surface area contributed by atoms with Crippen molar-refractivity contribution < 1.29 is 32.3 Å². The number of piperidine rings is 1.